The SMILES string of the molecule is Cc1ccc(N2CC[NH+](CC(=O)Nc3ccc(Br)cc3)CC2)cc1Cl. The van der Waals surface area contributed by atoms with Crippen LogP contribution in [0.25, 0.3) is 0 Å². The number of anilines is 2. The summed E-state index contributed by atoms with van der Waals surface area (Å²) in [6, 6.07) is 13.9. The van der Waals surface area contributed by atoms with Gasteiger partial charge in [-0.25, -0.2) is 0 Å². The highest BCUT2D eigenvalue weighted by Crippen LogP contribution is 2.23. The molecule has 1 aliphatic rings. The zero-order valence-electron chi connectivity index (χ0n) is 14.2. The predicted molar refractivity (Wildman–Crippen MR) is 107 cm³/mol. The summed E-state index contributed by atoms with van der Waals surface area (Å²) < 4.78 is 1.00. The van der Waals surface area contributed by atoms with E-state index >= 15 is 0 Å². The first-order valence-electron chi connectivity index (χ1n) is 8.41. The van der Waals surface area contributed by atoms with Gasteiger partial charge in [0, 0.05) is 20.9 Å². The van der Waals surface area contributed by atoms with E-state index in [4.69, 9.17) is 11.6 Å². The Hall–Kier alpha value is -1.56. The van der Waals surface area contributed by atoms with Crippen molar-refractivity contribution < 1.29 is 9.69 Å². The Kier molecular flexibility index (Phi) is 5.99. The fourth-order valence-corrected chi connectivity index (χ4v) is 3.44. The van der Waals surface area contributed by atoms with E-state index in [2.05, 4.69) is 38.3 Å². The standard InChI is InChI=1S/C19H21BrClN3O/c1-14-2-7-17(12-18(14)21)24-10-8-23(9-11-24)13-19(25)22-16-5-3-15(20)4-6-16/h2-7,12H,8-11,13H2,1H3,(H,22,25)/p+1. The highest BCUT2D eigenvalue weighted by atomic mass is 79.9. The first-order chi connectivity index (χ1) is 12.0. The minimum Gasteiger partial charge on any atom is -0.360 e. The smallest absolute Gasteiger partial charge is 0.279 e. The molecule has 1 fully saturated rings. The van der Waals surface area contributed by atoms with E-state index in [9.17, 15) is 4.79 Å². The van der Waals surface area contributed by atoms with Crippen molar-refractivity contribution in [3.8, 4) is 0 Å². The lowest BCUT2D eigenvalue weighted by atomic mass is 10.2. The van der Waals surface area contributed by atoms with Crippen LogP contribution in [0.1, 0.15) is 5.56 Å². The lowest BCUT2D eigenvalue weighted by molar-refractivity contribution is -0.892. The lowest BCUT2D eigenvalue weighted by Crippen LogP contribution is -3.15. The van der Waals surface area contributed by atoms with Crippen molar-refractivity contribution in [3.05, 3.63) is 57.5 Å². The molecule has 0 radical (unpaired) electrons. The average Bonchev–Trinajstić information content (AvgIpc) is 2.60. The molecule has 2 N–H and O–H groups in total. The molecule has 1 heterocycles. The molecule has 1 amide bonds. The molecule has 132 valence electrons. The second-order valence-corrected chi connectivity index (χ2v) is 7.73. The molecular formula is C19H22BrClN3O+. The number of hydrogen-bond acceptors (Lipinski definition) is 2. The van der Waals surface area contributed by atoms with Gasteiger partial charge in [-0.1, -0.05) is 33.6 Å². The maximum absolute atomic E-state index is 12.2. The zero-order chi connectivity index (χ0) is 17.8. The van der Waals surface area contributed by atoms with Crippen LogP contribution >= 0.6 is 27.5 Å². The molecule has 3 rings (SSSR count). The molecule has 0 saturated carbocycles. The maximum Gasteiger partial charge on any atom is 0.279 e. The molecule has 4 nitrogen and oxygen atoms in total. The van der Waals surface area contributed by atoms with Crippen molar-refractivity contribution in [2.24, 2.45) is 0 Å². The van der Waals surface area contributed by atoms with Gasteiger partial charge in [-0.15, -0.1) is 0 Å². The molecule has 0 atom stereocenters. The summed E-state index contributed by atoms with van der Waals surface area (Å²) in [5.74, 6) is 0.0594. The van der Waals surface area contributed by atoms with Crippen LogP contribution in [-0.2, 0) is 4.79 Å². The Morgan fingerprint density at radius 3 is 2.52 bits per heavy atom. The molecule has 6 heteroatoms. The molecular weight excluding hydrogens is 402 g/mol. The molecule has 0 aliphatic carbocycles. The van der Waals surface area contributed by atoms with E-state index in [0.29, 0.717) is 6.54 Å². The van der Waals surface area contributed by atoms with Crippen molar-refractivity contribution in [1.29, 1.82) is 0 Å². The Morgan fingerprint density at radius 1 is 1.20 bits per heavy atom. The van der Waals surface area contributed by atoms with Gasteiger partial charge in [-0.05, 0) is 48.9 Å². The predicted octanol–water partition coefficient (Wildman–Crippen LogP) is 2.75. The van der Waals surface area contributed by atoms with Crippen LogP contribution in [-0.4, -0.2) is 38.6 Å². The third kappa shape index (κ3) is 4.97. The first kappa shape index (κ1) is 18.2. The van der Waals surface area contributed by atoms with E-state index in [1.807, 2.05) is 37.3 Å². The lowest BCUT2D eigenvalue weighted by Gasteiger charge is -2.33. The second-order valence-electron chi connectivity index (χ2n) is 6.40. The Morgan fingerprint density at radius 2 is 1.88 bits per heavy atom. The number of piperazine rings is 1. The van der Waals surface area contributed by atoms with Gasteiger partial charge in [-0.3, -0.25) is 4.79 Å². The summed E-state index contributed by atoms with van der Waals surface area (Å²) in [6.45, 7) is 6.26. The van der Waals surface area contributed by atoms with E-state index < -0.39 is 0 Å². The van der Waals surface area contributed by atoms with Crippen molar-refractivity contribution in [3.63, 3.8) is 0 Å². The van der Waals surface area contributed by atoms with Crippen LogP contribution in [0.4, 0.5) is 11.4 Å². The molecule has 0 bridgehead atoms. The van der Waals surface area contributed by atoms with Crippen molar-refractivity contribution in [2.75, 3.05) is 42.9 Å². The summed E-state index contributed by atoms with van der Waals surface area (Å²) in [4.78, 5) is 15.9. The van der Waals surface area contributed by atoms with Gasteiger partial charge in [0.2, 0.25) is 0 Å². The third-order valence-corrected chi connectivity index (χ3v) is 5.47. The molecule has 25 heavy (non-hydrogen) atoms. The number of aryl methyl sites for hydroxylation is 1. The van der Waals surface area contributed by atoms with Gasteiger partial charge in [0.1, 0.15) is 0 Å². The van der Waals surface area contributed by atoms with E-state index in [1.54, 1.807) is 0 Å². The fourth-order valence-electron chi connectivity index (χ4n) is 3.00. The molecule has 0 spiro atoms. The number of carbonyl (C=O) groups excluding carboxylic acids is 1. The number of halogens is 2. The quantitative estimate of drug-likeness (QED) is 0.793. The minimum absolute atomic E-state index is 0.0594. The number of amides is 1. The van der Waals surface area contributed by atoms with E-state index in [1.165, 1.54) is 4.90 Å². The van der Waals surface area contributed by atoms with Gasteiger partial charge in [0.05, 0.1) is 26.2 Å². The highest BCUT2D eigenvalue weighted by molar-refractivity contribution is 9.10. The van der Waals surface area contributed by atoms with Crippen molar-refractivity contribution in [2.45, 2.75) is 6.92 Å². The van der Waals surface area contributed by atoms with Crippen LogP contribution in [0.2, 0.25) is 5.02 Å². The fraction of sp³-hybridized carbons (Fsp3) is 0.316. The van der Waals surface area contributed by atoms with E-state index in [0.717, 1.165) is 52.6 Å². The number of nitrogens with one attached hydrogen (secondary N) is 2. The number of benzene rings is 2. The van der Waals surface area contributed by atoms with Gasteiger partial charge >= 0.3 is 0 Å². The van der Waals surface area contributed by atoms with Crippen molar-refractivity contribution in [1.82, 2.24) is 0 Å². The maximum atomic E-state index is 12.2. The third-order valence-electron chi connectivity index (χ3n) is 4.53. The Bertz CT molecular complexity index is 743. The molecule has 2 aromatic rings. The van der Waals surface area contributed by atoms with Gasteiger partial charge in [-0.2, -0.15) is 0 Å². The number of rotatable bonds is 4. The molecule has 1 aliphatic heterocycles. The summed E-state index contributed by atoms with van der Waals surface area (Å²) in [7, 11) is 0. The van der Waals surface area contributed by atoms with Gasteiger partial charge < -0.3 is 15.1 Å². The summed E-state index contributed by atoms with van der Waals surface area (Å²) in [6.07, 6.45) is 0. The molecule has 1 saturated heterocycles. The summed E-state index contributed by atoms with van der Waals surface area (Å²) in [5.41, 5.74) is 3.09. The van der Waals surface area contributed by atoms with Crippen LogP contribution in [0.15, 0.2) is 46.9 Å². The molecule has 0 unspecified atom stereocenters. The van der Waals surface area contributed by atoms with Gasteiger partial charge in [0.15, 0.2) is 6.54 Å². The average molecular weight is 424 g/mol. The number of nitrogens with zero attached hydrogens (tertiary/aromatic N) is 1. The van der Waals surface area contributed by atoms with E-state index in [-0.39, 0.29) is 5.91 Å². The Balaban J connectivity index is 1.49. The summed E-state index contributed by atoms with van der Waals surface area (Å²) in [5, 5.41) is 3.77. The zero-order valence-corrected chi connectivity index (χ0v) is 16.5. The van der Waals surface area contributed by atoms with Crippen LogP contribution in [0.5, 0.6) is 0 Å². The van der Waals surface area contributed by atoms with Crippen molar-refractivity contribution >= 4 is 44.8 Å². The minimum atomic E-state index is 0.0594. The number of hydrogen-bond donors (Lipinski definition) is 2. The highest BCUT2D eigenvalue weighted by Gasteiger charge is 2.22. The van der Waals surface area contributed by atoms with Crippen LogP contribution < -0.4 is 15.1 Å². The topological polar surface area (TPSA) is 36.8 Å². The number of carbonyl (C=O) groups is 1. The second kappa shape index (κ2) is 8.21. The molecule has 0 aromatic heterocycles. The van der Waals surface area contributed by atoms with Crippen LogP contribution in [0, 0.1) is 6.92 Å². The number of quaternary nitrogens is 1. The monoisotopic (exact) mass is 422 g/mol. The Labute approximate surface area is 161 Å². The summed E-state index contributed by atoms with van der Waals surface area (Å²) >= 11 is 9.62. The first-order valence-corrected chi connectivity index (χ1v) is 9.58. The normalized spacial score (nSPS) is 15.2. The largest absolute Gasteiger partial charge is 0.360 e. The van der Waals surface area contributed by atoms with Crippen LogP contribution in [0.3, 0.4) is 0 Å². The molecule has 2 aromatic carbocycles. The van der Waals surface area contributed by atoms with Gasteiger partial charge in [0.25, 0.3) is 5.91 Å².